The van der Waals surface area contributed by atoms with E-state index in [1.807, 2.05) is 37.3 Å². The summed E-state index contributed by atoms with van der Waals surface area (Å²) >= 11 is 0. The fourth-order valence-electron chi connectivity index (χ4n) is 2.08. The molecule has 1 heterocycles. The van der Waals surface area contributed by atoms with E-state index in [1.54, 1.807) is 6.92 Å². The molecule has 1 aromatic heterocycles. The molecule has 0 aliphatic carbocycles. The zero-order valence-corrected chi connectivity index (χ0v) is 11.9. The van der Waals surface area contributed by atoms with Gasteiger partial charge in [0.05, 0.1) is 6.04 Å². The summed E-state index contributed by atoms with van der Waals surface area (Å²) in [5.41, 5.74) is 1.00. The molecule has 1 amide bonds. The zero-order valence-electron chi connectivity index (χ0n) is 11.9. The summed E-state index contributed by atoms with van der Waals surface area (Å²) in [5, 5.41) is 11.9. The molecule has 2 aromatic rings. The van der Waals surface area contributed by atoms with Crippen LogP contribution in [0.5, 0.6) is 0 Å². The number of amides is 1. The van der Waals surface area contributed by atoms with Crippen LogP contribution in [0.1, 0.15) is 52.1 Å². The lowest BCUT2D eigenvalue weighted by Gasteiger charge is -2.12. The Balaban J connectivity index is 2.15. The third-order valence-electron chi connectivity index (χ3n) is 3.23. The number of nitrogens with one attached hydrogen (secondary N) is 1. The number of aryl methyl sites for hydroxylation is 1. The van der Waals surface area contributed by atoms with Gasteiger partial charge < -0.3 is 14.8 Å². The Bertz CT molecular complexity index is 646. The number of carboxylic acids is 1. The van der Waals surface area contributed by atoms with Crippen LogP contribution in [0.3, 0.4) is 0 Å². The molecular weight excluding hydrogens is 270 g/mol. The first kappa shape index (κ1) is 14.8. The van der Waals surface area contributed by atoms with E-state index in [-0.39, 0.29) is 17.4 Å². The largest absolute Gasteiger partial charge is 0.478 e. The topological polar surface area (TPSA) is 79.5 Å². The van der Waals surface area contributed by atoms with E-state index in [9.17, 15) is 9.59 Å². The highest BCUT2D eigenvalue weighted by atomic mass is 16.4. The van der Waals surface area contributed by atoms with Gasteiger partial charge in [0.2, 0.25) is 0 Å². The van der Waals surface area contributed by atoms with Crippen LogP contribution in [-0.2, 0) is 6.42 Å². The molecule has 1 aromatic carbocycles. The number of carboxylic acid groups (broad SMARTS) is 1. The maximum Gasteiger partial charge on any atom is 0.339 e. The molecule has 0 spiro atoms. The van der Waals surface area contributed by atoms with Crippen LogP contribution >= 0.6 is 0 Å². The van der Waals surface area contributed by atoms with E-state index >= 15 is 0 Å². The van der Waals surface area contributed by atoms with Gasteiger partial charge in [-0.15, -0.1) is 0 Å². The van der Waals surface area contributed by atoms with Crippen LogP contribution in [0, 0.1) is 0 Å². The van der Waals surface area contributed by atoms with Gasteiger partial charge in [-0.3, -0.25) is 4.79 Å². The van der Waals surface area contributed by atoms with Crippen LogP contribution in [0.15, 0.2) is 40.8 Å². The van der Waals surface area contributed by atoms with E-state index in [0.717, 1.165) is 5.56 Å². The maximum atomic E-state index is 12.1. The van der Waals surface area contributed by atoms with Gasteiger partial charge in [-0.05, 0) is 12.5 Å². The molecule has 0 aliphatic heterocycles. The Labute approximate surface area is 122 Å². The normalized spacial score (nSPS) is 11.9. The van der Waals surface area contributed by atoms with Gasteiger partial charge in [0.1, 0.15) is 11.3 Å². The van der Waals surface area contributed by atoms with Crippen LogP contribution in [0.4, 0.5) is 0 Å². The summed E-state index contributed by atoms with van der Waals surface area (Å²) in [4.78, 5) is 23.2. The standard InChI is InChI=1S/C16H17NO4/c1-3-13-12(16(19)20)9-14(21-13)15(18)17-10(2)11-7-5-4-6-8-11/h4-10H,3H2,1-2H3,(H,17,18)(H,19,20)/t10-/m1/s1. The molecule has 0 bridgehead atoms. The number of furan rings is 1. The number of carbonyl (C=O) groups is 2. The molecule has 0 aliphatic rings. The molecule has 2 rings (SSSR count). The van der Waals surface area contributed by atoms with Crippen molar-refractivity contribution >= 4 is 11.9 Å². The smallest absolute Gasteiger partial charge is 0.339 e. The fourth-order valence-corrected chi connectivity index (χ4v) is 2.08. The predicted octanol–water partition coefficient (Wildman–Crippen LogP) is 3.03. The minimum atomic E-state index is -1.09. The molecule has 0 fully saturated rings. The van der Waals surface area contributed by atoms with Crippen molar-refractivity contribution in [3.8, 4) is 0 Å². The number of aromatic carboxylic acids is 1. The van der Waals surface area contributed by atoms with Crippen molar-refractivity contribution < 1.29 is 19.1 Å². The van der Waals surface area contributed by atoms with Crippen LogP contribution in [0.2, 0.25) is 0 Å². The van der Waals surface area contributed by atoms with E-state index in [1.165, 1.54) is 6.07 Å². The quantitative estimate of drug-likeness (QED) is 0.885. The minimum Gasteiger partial charge on any atom is -0.478 e. The fraction of sp³-hybridized carbons (Fsp3) is 0.250. The average molecular weight is 287 g/mol. The first-order valence-corrected chi connectivity index (χ1v) is 6.74. The molecule has 0 radical (unpaired) electrons. The lowest BCUT2D eigenvalue weighted by molar-refractivity contribution is 0.0694. The van der Waals surface area contributed by atoms with Gasteiger partial charge in [0.15, 0.2) is 5.76 Å². The third-order valence-corrected chi connectivity index (χ3v) is 3.23. The SMILES string of the molecule is CCc1oc(C(=O)N[C@H](C)c2ccccc2)cc1C(=O)O. The van der Waals surface area contributed by atoms with Gasteiger partial charge in [0, 0.05) is 12.5 Å². The van der Waals surface area contributed by atoms with E-state index in [2.05, 4.69) is 5.32 Å². The van der Waals surface area contributed by atoms with Crippen molar-refractivity contribution in [3.05, 3.63) is 59.0 Å². The Kier molecular flexibility index (Phi) is 4.42. The minimum absolute atomic E-state index is 0.0204. The second-order valence-corrected chi connectivity index (χ2v) is 4.71. The Morgan fingerprint density at radius 1 is 1.29 bits per heavy atom. The maximum absolute atomic E-state index is 12.1. The second kappa shape index (κ2) is 6.26. The second-order valence-electron chi connectivity index (χ2n) is 4.71. The Hall–Kier alpha value is -2.56. The summed E-state index contributed by atoms with van der Waals surface area (Å²) in [7, 11) is 0. The van der Waals surface area contributed by atoms with E-state index < -0.39 is 11.9 Å². The molecule has 5 nitrogen and oxygen atoms in total. The third kappa shape index (κ3) is 3.31. The molecule has 110 valence electrons. The van der Waals surface area contributed by atoms with Gasteiger partial charge in [-0.25, -0.2) is 4.79 Å². The van der Waals surface area contributed by atoms with Crippen molar-refractivity contribution in [2.24, 2.45) is 0 Å². The number of benzene rings is 1. The Morgan fingerprint density at radius 3 is 2.48 bits per heavy atom. The van der Waals surface area contributed by atoms with Gasteiger partial charge in [0.25, 0.3) is 5.91 Å². The first-order chi connectivity index (χ1) is 10.0. The summed E-state index contributed by atoms with van der Waals surface area (Å²) in [6, 6.07) is 10.6. The molecule has 5 heteroatoms. The summed E-state index contributed by atoms with van der Waals surface area (Å²) in [6.45, 7) is 3.63. The van der Waals surface area contributed by atoms with Gasteiger partial charge in [-0.2, -0.15) is 0 Å². The zero-order chi connectivity index (χ0) is 15.4. The highest BCUT2D eigenvalue weighted by Gasteiger charge is 2.21. The number of rotatable bonds is 5. The average Bonchev–Trinajstić information content (AvgIpc) is 2.92. The van der Waals surface area contributed by atoms with Crippen molar-refractivity contribution in [2.75, 3.05) is 0 Å². The Morgan fingerprint density at radius 2 is 1.95 bits per heavy atom. The lowest BCUT2D eigenvalue weighted by Crippen LogP contribution is -2.26. The molecular formula is C16H17NO4. The highest BCUT2D eigenvalue weighted by molar-refractivity contribution is 5.96. The molecule has 21 heavy (non-hydrogen) atoms. The number of carbonyl (C=O) groups excluding carboxylic acids is 1. The van der Waals surface area contributed by atoms with Crippen molar-refractivity contribution in [1.29, 1.82) is 0 Å². The number of hydrogen-bond acceptors (Lipinski definition) is 3. The van der Waals surface area contributed by atoms with Crippen molar-refractivity contribution in [3.63, 3.8) is 0 Å². The highest BCUT2D eigenvalue weighted by Crippen LogP contribution is 2.18. The molecule has 0 saturated heterocycles. The molecule has 0 saturated carbocycles. The van der Waals surface area contributed by atoms with E-state index in [0.29, 0.717) is 12.2 Å². The van der Waals surface area contributed by atoms with Gasteiger partial charge in [-0.1, -0.05) is 37.3 Å². The molecule has 2 N–H and O–H groups in total. The molecule has 0 unspecified atom stereocenters. The van der Waals surface area contributed by atoms with Crippen molar-refractivity contribution in [1.82, 2.24) is 5.32 Å². The van der Waals surface area contributed by atoms with Crippen LogP contribution < -0.4 is 5.32 Å². The van der Waals surface area contributed by atoms with Crippen LogP contribution in [-0.4, -0.2) is 17.0 Å². The summed E-state index contributed by atoms with van der Waals surface area (Å²) in [6.07, 6.45) is 0.420. The van der Waals surface area contributed by atoms with Crippen LogP contribution in [0.25, 0.3) is 0 Å². The van der Waals surface area contributed by atoms with E-state index in [4.69, 9.17) is 9.52 Å². The lowest BCUT2D eigenvalue weighted by atomic mass is 10.1. The molecule has 1 atom stereocenters. The summed E-state index contributed by atoms with van der Waals surface area (Å²) < 4.78 is 5.33. The number of hydrogen-bond donors (Lipinski definition) is 2. The summed E-state index contributed by atoms with van der Waals surface area (Å²) in [5.74, 6) is -1.19. The van der Waals surface area contributed by atoms with Crippen molar-refractivity contribution in [2.45, 2.75) is 26.3 Å². The van der Waals surface area contributed by atoms with Gasteiger partial charge >= 0.3 is 5.97 Å². The monoisotopic (exact) mass is 287 g/mol. The predicted molar refractivity (Wildman–Crippen MR) is 77.4 cm³/mol. The first-order valence-electron chi connectivity index (χ1n) is 6.74.